The molecule has 18 heavy (non-hydrogen) atoms. The summed E-state index contributed by atoms with van der Waals surface area (Å²) in [5.74, 6) is 0.995. The maximum atomic E-state index is 12.2. The van der Waals surface area contributed by atoms with Gasteiger partial charge in [-0.1, -0.05) is 12.1 Å². The van der Waals surface area contributed by atoms with Gasteiger partial charge >= 0.3 is 0 Å². The van der Waals surface area contributed by atoms with Gasteiger partial charge < -0.3 is 10.0 Å². The maximum Gasteiger partial charge on any atom is 0.253 e. The molecule has 1 N–H and O–H groups in total. The number of halogens is 1. The molecule has 1 aromatic carbocycles. The van der Waals surface area contributed by atoms with Gasteiger partial charge in [0, 0.05) is 31.1 Å². The summed E-state index contributed by atoms with van der Waals surface area (Å²) in [6.07, 6.45) is 1.78. The van der Waals surface area contributed by atoms with Gasteiger partial charge in [-0.2, -0.15) is 0 Å². The molecule has 3 nitrogen and oxygen atoms in total. The molecule has 1 fully saturated rings. The summed E-state index contributed by atoms with van der Waals surface area (Å²) in [4.78, 5) is 14.1. The minimum absolute atomic E-state index is 0.0802. The second-order valence-electron chi connectivity index (χ2n) is 4.75. The lowest BCUT2D eigenvalue weighted by atomic mass is 10.1. The van der Waals surface area contributed by atoms with Crippen LogP contribution in [0.15, 0.2) is 24.3 Å². The van der Waals surface area contributed by atoms with Crippen LogP contribution in [-0.4, -0.2) is 35.6 Å². The second-order valence-corrected chi connectivity index (χ2v) is 5.02. The fourth-order valence-electron chi connectivity index (χ4n) is 2.35. The monoisotopic (exact) mass is 267 g/mol. The van der Waals surface area contributed by atoms with Crippen molar-refractivity contribution >= 4 is 17.5 Å². The van der Waals surface area contributed by atoms with Crippen molar-refractivity contribution in [2.45, 2.75) is 18.7 Å². The summed E-state index contributed by atoms with van der Waals surface area (Å²) in [5.41, 5.74) is 1.74. The molecule has 1 aromatic rings. The normalized spacial score (nSPS) is 19.2. The van der Waals surface area contributed by atoms with Gasteiger partial charge in [-0.25, -0.2) is 0 Å². The molecule has 0 radical (unpaired) electrons. The number of carbonyl (C=O) groups is 1. The van der Waals surface area contributed by atoms with Crippen LogP contribution >= 0.6 is 11.6 Å². The Labute approximate surface area is 112 Å². The van der Waals surface area contributed by atoms with Crippen LogP contribution in [0.4, 0.5) is 0 Å². The van der Waals surface area contributed by atoms with Crippen molar-refractivity contribution in [3.05, 3.63) is 35.4 Å². The van der Waals surface area contributed by atoms with E-state index in [2.05, 4.69) is 0 Å². The fourth-order valence-corrected chi connectivity index (χ4v) is 2.53. The number of likely N-dealkylation sites (tertiary alicyclic amines) is 1. The van der Waals surface area contributed by atoms with Crippen LogP contribution in [0.2, 0.25) is 0 Å². The van der Waals surface area contributed by atoms with Crippen molar-refractivity contribution in [1.29, 1.82) is 0 Å². The van der Waals surface area contributed by atoms with Crippen molar-refractivity contribution in [3.63, 3.8) is 0 Å². The molecule has 1 aliphatic rings. The summed E-state index contributed by atoms with van der Waals surface area (Å²) >= 11 is 5.72. The van der Waals surface area contributed by atoms with Crippen LogP contribution in [0, 0.1) is 5.92 Å². The largest absolute Gasteiger partial charge is 0.396 e. The molecule has 1 amide bonds. The molecule has 1 aliphatic heterocycles. The molecular weight excluding hydrogens is 250 g/mol. The minimum atomic E-state index is 0.0802. The number of amides is 1. The van der Waals surface area contributed by atoms with Gasteiger partial charge in [0.05, 0.1) is 0 Å². The number of hydrogen-bond donors (Lipinski definition) is 1. The van der Waals surface area contributed by atoms with E-state index in [1.165, 1.54) is 0 Å². The van der Waals surface area contributed by atoms with Gasteiger partial charge in [-0.05, 0) is 36.5 Å². The SMILES string of the molecule is O=C(c1ccc(CCl)cc1)N1CCC(CCO)C1. The summed E-state index contributed by atoms with van der Waals surface area (Å²) in [5, 5.41) is 8.91. The van der Waals surface area contributed by atoms with Crippen LogP contribution in [0.3, 0.4) is 0 Å². The maximum absolute atomic E-state index is 12.2. The smallest absolute Gasteiger partial charge is 0.253 e. The molecule has 1 saturated heterocycles. The molecule has 0 bridgehead atoms. The van der Waals surface area contributed by atoms with E-state index in [0.717, 1.165) is 31.5 Å². The van der Waals surface area contributed by atoms with Crippen molar-refractivity contribution in [1.82, 2.24) is 4.90 Å². The van der Waals surface area contributed by atoms with Gasteiger partial charge in [-0.15, -0.1) is 11.6 Å². The van der Waals surface area contributed by atoms with Gasteiger partial charge in [-0.3, -0.25) is 4.79 Å². The number of aliphatic hydroxyl groups is 1. The third-order valence-corrected chi connectivity index (χ3v) is 3.77. The lowest BCUT2D eigenvalue weighted by Crippen LogP contribution is -2.28. The van der Waals surface area contributed by atoms with Gasteiger partial charge in [0.1, 0.15) is 0 Å². The number of aliphatic hydroxyl groups excluding tert-OH is 1. The zero-order chi connectivity index (χ0) is 13.0. The van der Waals surface area contributed by atoms with E-state index in [9.17, 15) is 4.79 Å². The number of benzene rings is 1. The Morgan fingerprint density at radius 3 is 2.72 bits per heavy atom. The zero-order valence-electron chi connectivity index (χ0n) is 10.3. The summed E-state index contributed by atoms with van der Waals surface area (Å²) in [6, 6.07) is 7.45. The first-order valence-electron chi connectivity index (χ1n) is 6.29. The average molecular weight is 268 g/mol. The third-order valence-electron chi connectivity index (χ3n) is 3.47. The van der Waals surface area contributed by atoms with Crippen LogP contribution in [0.25, 0.3) is 0 Å². The van der Waals surface area contributed by atoms with Crippen LogP contribution in [0.5, 0.6) is 0 Å². The Morgan fingerprint density at radius 1 is 1.39 bits per heavy atom. The first-order chi connectivity index (χ1) is 8.74. The standard InChI is InChI=1S/C14H18ClNO2/c15-9-11-1-3-13(4-2-11)14(18)16-7-5-12(10-16)6-8-17/h1-4,12,17H,5-10H2. The van der Waals surface area contributed by atoms with Gasteiger partial charge in [0.15, 0.2) is 0 Å². The van der Waals surface area contributed by atoms with Crippen LogP contribution < -0.4 is 0 Å². The van der Waals surface area contributed by atoms with E-state index in [1.807, 2.05) is 29.2 Å². The molecule has 1 unspecified atom stereocenters. The number of nitrogens with zero attached hydrogens (tertiary/aromatic N) is 1. The van der Waals surface area contributed by atoms with E-state index in [4.69, 9.17) is 16.7 Å². The van der Waals surface area contributed by atoms with E-state index >= 15 is 0 Å². The Morgan fingerprint density at radius 2 is 2.11 bits per heavy atom. The highest BCUT2D eigenvalue weighted by molar-refractivity contribution is 6.17. The fraction of sp³-hybridized carbons (Fsp3) is 0.500. The quantitative estimate of drug-likeness (QED) is 0.851. The summed E-state index contributed by atoms with van der Waals surface area (Å²) in [7, 11) is 0. The molecule has 0 saturated carbocycles. The third kappa shape index (κ3) is 3.03. The average Bonchev–Trinajstić information content (AvgIpc) is 2.87. The highest BCUT2D eigenvalue weighted by Gasteiger charge is 2.26. The van der Waals surface area contributed by atoms with E-state index in [1.54, 1.807) is 0 Å². The number of rotatable bonds is 4. The van der Waals surface area contributed by atoms with Crippen molar-refractivity contribution < 1.29 is 9.90 Å². The van der Waals surface area contributed by atoms with Crippen molar-refractivity contribution in [2.24, 2.45) is 5.92 Å². The summed E-state index contributed by atoms with van der Waals surface area (Å²) in [6.45, 7) is 1.76. The Bertz CT molecular complexity index is 405. The first-order valence-corrected chi connectivity index (χ1v) is 6.83. The van der Waals surface area contributed by atoms with Gasteiger partial charge in [0.2, 0.25) is 0 Å². The zero-order valence-corrected chi connectivity index (χ0v) is 11.1. The van der Waals surface area contributed by atoms with E-state index in [-0.39, 0.29) is 12.5 Å². The lowest BCUT2D eigenvalue weighted by Gasteiger charge is -2.16. The topological polar surface area (TPSA) is 40.5 Å². The molecule has 1 heterocycles. The molecule has 2 rings (SSSR count). The molecule has 98 valence electrons. The molecule has 0 aliphatic carbocycles. The van der Waals surface area contributed by atoms with Crippen LogP contribution in [-0.2, 0) is 5.88 Å². The second kappa shape index (κ2) is 6.21. The Kier molecular flexibility index (Phi) is 4.61. The first kappa shape index (κ1) is 13.4. The molecule has 4 heteroatoms. The molecule has 0 spiro atoms. The minimum Gasteiger partial charge on any atom is -0.396 e. The van der Waals surface area contributed by atoms with Crippen LogP contribution in [0.1, 0.15) is 28.8 Å². The number of alkyl halides is 1. The Hall–Kier alpha value is -1.06. The summed E-state index contributed by atoms with van der Waals surface area (Å²) < 4.78 is 0. The van der Waals surface area contributed by atoms with E-state index in [0.29, 0.717) is 17.4 Å². The predicted octanol–water partition coefficient (Wildman–Crippen LogP) is 2.27. The Balaban J connectivity index is 1.98. The highest BCUT2D eigenvalue weighted by Crippen LogP contribution is 2.21. The predicted molar refractivity (Wildman–Crippen MR) is 71.7 cm³/mol. The number of carbonyl (C=O) groups excluding carboxylic acids is 1. The van der Waals surface area contributed by atoms with Crippen molar-refractivity contribution in [3.8, 4) is 0 Å². The van der Waals surface area contributed by atoms with Crippen molar-refractivity contribution in [2.75, 3.05) is 19.7 Å². The highest BCUT2D eigenvalue weighted by atomic mass is 35.5. The molecule has 1 atom stereocenters. The van der Waals surface area contributed by atoms with E-state index < -0.39 is 0 Å². The molecule has 0 aromatic heterocycles. The van der Waals surface area contributed by atoms with Gasteiger partial charge in [0.25, 0.3) is 5.91 Å². The number of hydrogen-bond acceptors (Lipinski definition) is 2. The molecular formula is C14H18ClNO2. The lowest BCUT2D eigenvalue weighted by molar-refractivity contribution is 0.0784.